The maximum absolute atomic E-state index is 12.0. The molecule has 106 valence electrons. The zero-order valence-electron chi connectivity index (χ0n) is 11.3. The number of aromatic hydroxyl groups is 1. The van der Waals surface area contributed by atoms with E-state index in [1.807, 2.05) is 24.3 Å². The Morgan fingerprint density at radius 1 is 1.10 bits per heavy atom. The number of phenols is 1. The summed E-state index contributed by atoms with van der Waals surface area (Å²) in [4.78, 5) is 12.0. The summed E-state index contributed by atoms with van der Waals surface area (Å²) in [6.07, 6.45) is 0. The zero-order chi connectivity index (χ0) is 15.1. The number of hydrogen-bond donors (Lipinski definition) is 3. The molecule has 0 spiro atoms. The average Bonchev–Trinajstić information content (AvgIpc) is 2.52. The fourth-order valence-electron chi connectivity index (χ4n) is 1.82. The Morgan fingerprint density at radius 2 is 1.81 bits per heavy atom. The quantitative estimate of drug-likeness (QED) is 0.749. The van der Waals surface area contributed by atoms with Gasteiger partial charge in [0.2, 0.25) is 0 Å². The van der Waals surface area contributed by atoms with Crippen molar-refractivity contribution < 1.29 is 15.0 Å². The van der Waals surface area contributed by atoms with Gasteiger partial charge in [-0.25, -0.2) is 0 Å². The van der Waals surface area contributed by atoms with Crippen LogP contribution in [0.4, 0.5) is 0 Å². The molecule has 0 bridgehead atoms. The Bertz CT molecular complexity index is 681. The molecule has 2 aromatic carbocycles. The lowest BCUT2D eigenvalue weighted by molar-refractivity contribution is 0.0951. The highest BCUT2D eigenvalue weighted by molar-refractivity contribution is 5.94. The lowest BCUT2D eigenvalue weighted by Gasteiger charge is -2.07. The second-order valence-electron chi connectivity index (χ2n) is 4.35. The maximum atomic E-state index is 12.0. The summed E-state index contributed by atoms with van der Waals surface area (Å²) in [5, 5.41) is 20.7. The number of rotatable bonds is 3. The van der Waals surface area contributed by atoms with Gasteiger partial charge in [0.15, 0.2) is 0 Å². The summed E-state index contributed by atoms with van der Waals surface area (Å²) < 4.78 is 0. The topological polar surface area (TPSA) is 69.6 Å². The van der Waals surface area contributed by atoms with Gasteiger partial charge in [0.1, 0.15) is 12.4 Å². The third kappa shape index (κ3) is 4.10. The van der Waals surface area contributed by atoms with Crippen molar-refractivity contribution in [3.8, 4) is 17.6 Å². The standard InChI is InChI=1S/C17H15NO3/c19-11-3-6-13-4-1-2-5-15(13)12-18-17(21)14-7-9-16(20)10-8-14/h1-2,4-5,7-10,19-20H,11-12H2,(H,18,21). The lowest BCUT2D eigenvalue weighted by atomic mass is 10.1. The molecule has 0 aliphatic rings. The van der Waals surface area contributed by atoms with Gasteiger partial charge in [0.25, 0.3) is 5.91 Å². The third-order valence-electron chi connectivity index (χ3n) is 2.89. The van der Waals surface area contributed by atoms with Gasteiger partial charge in [-0.05, 0) is 35.9 Å². The summed E-state index contributed by atoms with van der Waals surface area (Å²) in [6.45, 7) is 0.143. The van der Waals surface area contributed by atoms with Crippen molar-refractivity contribution in [1.29, 1.82) is 0 Å². The maximum Gasteiger partial charge on any atom is 0.251 e. The Balaban J connectivity index is 2.06. The largest absolute Gasteiger partial charge is 0.508 e. The highest BCUT2D eigenvalue weighted by Gasteiger charge is 2.06. The van der Waals surface area contributed by atoms with Crippen LogP contribution in [0.2, 0.25) is 0 Å². The summed E-state index contributed by atoms with van der Waals surface area (Å²) >= 11 is 0. The van der Waals surface area contributed by atoms with E-state index in [9.17, 15) is 9.90 Å². The first kappa shape index (κ1) is 14.6. The van der Waals surface area contributed by atoms with Crippen LogP contribution in [0.1, 0.15) is 21.5 Å². The molecule has 4 heteroatoms. The fraction of sp³-hybridized carbons (Fsp3) is 0.118. The molecule has 0 fully saturated rings. The summed E-state index contributed by atoms with van der Waals surface area (Å²) in [5.74, 6) is 5.34. The predicted octanol–water partition coefficient (Wildman–Crippen LogP) is 1.67. The van der Waals surface area contributed by atoms with Crippen LogP contribution in [-0.4, -0.2) is 22.7 Å². The first-order valence-electron chi connectivity index (χ1n) is 6.45. The molecule has 1 amide bonds. The van der Waals surface area contributed by atoms with Gasteiger partial charge in [-0.1, -0.05) is 30.0 Å². The van der Waals surface area contributed by atoms with Crippen LogP contribution in [0.5, 0.6) is 5.75 Å². The minimum atomic E-state index is -0.222. The van der Waals surface area contributed by atoms with E-state index in [1.54, 1.807) is 12.1 Å². The van der Waals surface area contributed by atoms with Crippen molar-refractivity contribution in [3.63, 3.8) is 0 Å². The normalized spacial score (nSPS) is 9.57. The summed E-state index contributed by atoms with van der Waals surface area (Å²) in [7, 11) is 0. The van der Waals surface area contributed by atoms with E-state index in [4.69, 9.17) is 5.11 Å². The van der Waals surface area contributed by atoms with E-state index in [0.717, 1.165) is 11.1 Å². The van der Waals surface area contributed by atoms with Gasteiger partial charge in [-0.2, -0.15) is 0 Å². The van der Waals surface area contributed by atoms with E-state index >= 15 is 0 Å². The molecule has 0 saturated carbocycles. The number of carbonyl (C=O) groups is 1. The van der Waals surface area contributed by atoms with E-state index < -0.39 is 0 Å². The van der Waals surface area contributed by atoms with Gasteiger partial charge in [0.05, 0.1) is 0 Å². The number of carbonyl (C=O) groups excluding carboxylic acids is 1. The third-order valence-corrected chi connectivity index (χ3v) is 2.89. The molecular weight excluding hydrogens is 266 g/mol. The highest BCUT2D eigenvalue weighted by Crippen LogP contribution is 2.11. The molecule has 0 unspecified atom stereocenters. The number of nitrogens with one attached hydrogen (secondary N) is 1. The number of aliphatic hydroxyl groups is 1. The van der Waals surface area contributed by atoms with E-state index in [2.05, 4.69) is 17.2 Å². The predicted molar refractivity (Wildman–Crippen MR) is 79.7 cm³/mol. The van der Waals surface area contributed by atoms with Gasteiger partial charge in [0, 0.05) is 17.7 Å². The highest BCUT2D eigenvalue weighted by atomic mass is 16.3. The zero-order valence-corrected chi connectivity index (χ0v) is 11.3. The molecule has 3 N–H and O–H groups in total. The van der Waals surface area contributed by atoms with Crippen molar-refractivity contribution >= 4 is 5.91 Å². The van der Waals surface area contributed by atoms with Crippen LogP contribution in [0, 0.1) is 11.8 Å². The van der Waals surface area contributed by atoms with Crippen LogP contribution in [0.25, 0.3) is 0 Å². The molecule has 4 nitrogen and oxygen atoms in total. The monoisotopic (exact) mass is 281 g/mol. The molecule has 0 aromatic heterocycles. The van der Waals surface area contributed by atoms with Gasteiger partial charge < -0.3 is 15.5 Å². The molecule has 0 heterocycles. The second-order valence-corrected chi connectivity index (χ2v) is 4.35. The Labute approximate surface area is 123 Å². The Kier molecular flexibility index (Phi) is 4.97. The summed E-state index contributed by atoms with van der Waals surface area (Å²) in [6, 6.07) is 13.5. The van der Waals surface area contributed by atoms with Crippen molar-refractivity contribution in [2.24, 2.45) is 0 Å². The number of amides is 1. The van der Waals surface area contributed by atoms with Crippen molar-refractivity contribution in [1.82, 2.24) is 5.32 Å². The second kappa shape index (κ2) is 7.13. The van der Waals surface area contributed by atoms with E-state index in [-0.39, 0.29) is 18.3 Å². The van der Waals surface area contributed by atoms with Crippen molar-refractivity contribution in [3.05, 3.63) is 65.2 Å². The molecule has 0 saturated heterocycles. The minimum absolute atomic E-state index is 0.121. The molecule has 2 rings (SSSR count). The molecule has 0 aliphatic carbocycles. The molecular formula is C17H15NO3. The SMILES string of the molecule is O=C(NCc1ccccc1C#CCO)c1ccc(O)cc1. The van der Waals surface area contributed by atoms with Crippen LogP contribution in [0.15, 0.2) is 48.5 Å². The van der Waals surface area contributed by atoms with Crippen LogP contribution in [-0.2, 0) is 6.54 Å². The van der Waals surface area contributed by atoms with Crippen LogP contribution in [0.3, 0.4) is 0 Å². The first-order chi connectivity index (χ1) is 10.2. The molecule has 21 heavy (non-hydrogen) atoms. The first-order valence-corrected chi connectivity index (χ1v) is 6.45. The molecule has 2 aromatic rings. The number of hydrogen-bond acceptors (Lipinski definition) is 3. The summed E-state index contributed by atoms with van der Waals surface area (Å²) in [5.41, 5.74) is 2.13. The molecule has 0 atom stereocenters. The van der Waals surface area contributed by atoms with E-state index in [1.165, 1.54) is 12.1 Å². The minimum Gasteiger partial charge on any atom is -0.508 e. The van der Waals surface area contributed by atoms with Gasteiger partial charge in [-0.15, -0.1) is 0 Å². The fourth-order valence-corrected chi connectivity index (χ4v) is 1.82. The Hall–Kier alpha value is -2.77. The molecule has 0 radical (unpaired) electrons. The number of aliphatic hydroxyl groups excluding tert-OH is 1. The number of phenolic OH excluding ortho intramolecular Hbond substituents is 1. The van der Waals surface area contributed by atoms with Crippen LogP contribution >= 0.6 is 0 Å². The molecule has 0 aliphatic heterocycles. The average molecular weight is 281 g/mol. The van der Waals surface area contributed by atoms with Crippen molar-refractivity contribution in [2.45, 2.75) is 6.54 Å². The van der Waals surface area contributed by atoms with Crippen molar-refractivity contribution in [2.75, 3.05) is 6.61 Å². The number of benzene rings is 2. The van der Waals surface area contributed by atoms with Gasteiger partial charge in [-0.3, -0.25) is 4.79 Å². The Morgan fingerprint density at radius 3 is 2.52 bits per heavy atom. The lowest BCUT2D eigenvalue weighted by Crippen LogP contribution is -2.23. The van der Waals surface area contributed by atoms with E-state index in [0.29, 0.717) is 12.1 Å². The smallest absolute Gasteiger partial charge is 0.251 e. The van der Waals surface area contributed by atoms with Crippen LogP contribution < -0.4 is 5.32 Å². The van der Waals surface area contributed by atoms with Gasteiger partial charge >= 0.3 is 0 Å².